The Kier molecular flexibility index (Phi) is 8.88. The number of phenolic OH excluding ortho intramolecular Hbond substituents is 1. The second kappa shape index (κ2) is 11.9. The molecule has 3 aliphatic carbocycles. The minimum absolute atomic E-state index is 0.0380. The van der Waals surface area contributed by atoms with Crippen LogP contribution >= 0.6 is 11.6 Å². The van der Waals surface area contributed by atoms with E-state index in [1.54, 1.807) is 0 Å². The summed E-state index contributed by atoms with van der Waals surface area (Å²) in [6, 6.07) is 3.51. The molecule has 2 saturated carbocycles. The fourth-order valence-corrected chi connectivity index (χ4v) is 7.03. The van der Waals surface area contributed by atoms with Crippen LogP contribution in [-0.2, 0) is 29.3 Å². The highest BCUT2D eigenvalue weighted by Crippen LogP contribution is 2.55. The molecular weight excluding hydrogens is 668 g/mol. The number of Topliss-reactive ketones (excluding diaryl/α,β-unsaturated/α-hetero) is 3. The molecule has 5 rings (SSSR count). The van der Waals surface area contributed by atoms with E-state index < -0.39 is 108 Å². The largest absolute Gasteiger partial charge is 0.507 e. The molecule has 1 unspecified atom stereocenters. The summed E-state index contributed by atoms with van der Waals surface area (Å²) in [7, 11) is -1.62. The summed E-state index contributed by atoms with van der Waals surface area (Å²) in [6.45, 7) is 3.88. The molecule has 2 fully saturated rings. The van der Waals surface area contributed by atoms with Crippen LogP contribution in [-0.4, -0.2) is 110 Å². The van der Waals surface area contributed by atoms with Crippen LogP contribution in [0.25, 0.3) is 11.3 Å². The zero-order chi connectivity index (χ0) is 35.7. The van der Waals surface area contributed by atoms with Gasteiger partial charge in [0.25, 0.3) is 10.1 Å². The lowest BCUT2D eigenvalue weighted by molar-refractivity contribution is -0.185. The molecule has 0 bridgehead atoms. The molecule has 0 heterocycles. The highest BCUT2D eigenvalue weighted by molar-refractivity contribution is 7.85. The first kappa shape index (κ1) is 35.2. The topological polar surface area (TPSA) is 290 Å². The summed E-state index contributed by atoms with van der Waals surface area (Å²) < 4.78 is 29.8. The molecule has 3 aliphatic rings. The van der Waals surface area contributed by atoms with Crippen LogP contribution in [0.3, 0.4) is 0 Å². The summed E-state index contributed by atoms with van der Waals surface area (Å²) in [6.07, 6.45) is -1.78. The zero-order valence-corrected chi connectivity index (χ0v) is 25.9. The summed E-state index contributed by atoms with van der Waals surface area (Å²) in [5.74, 6) is -13.6. The van der Waals surface area contributed by atoms with E-state index in [2.05, 4.69) is 6.58 Å². The van der Waals surface area contributed by atoms with E-state index >= 15 is 0 Å². The molecule has 18 heteroatoms. The van der Waals surface area contributed by atoms with Crippen molar-refractivity contribution < 1.29 is 67.6 Å². The quantitative estimate of drug-likeness (QED) is 0.151. The number of carbonyl (C=O) groups is 5. The Bertz CT molecular complexity index is 1940. The van der Waals surface area contributed by atoms with Gasteiger partial charge in [-0.3, -0.25) is 28.6 Å². The van der Waals surface area contributed by atoms with E-state index in [0.717, 1.165) is 12.1 Å². The lowest BCUT2D eigenvalue weighted by Crippen LogP contribution is -2.75. The maximum absolute atomic E-state index is 13.6. The summed E-state index contributed by atoms with van der Waals surface area (Å²) in [5.41, 5.74) is 0.889. The molecule has 0 aliphatic heterocycles. The van der Waals surface area contributed by atoms with Crippen LogP contribution in [0.2, 0.25) is 5.02 Å². The number of likely N-dealkylation sites (N-methyl/N-ethyl adjacent to an activating group) is 1. The van der Waals surface area contributed by atoms with Crippen molar-refractivity contribution in [2.75, 3.05) is 14.1 Å². The number of primary amides is 1. The molecule has 2 aromatic rings. The number of aromatic hydroxyl groups is 2. The van der Waals surface area contributed by atoms with Crippen molar-refractivity contribution in [1.82, 2.24) is 4.90 Å². The number of halogens is 1. The third-order valence-electron chi connectivity index (χ3n) is 8.31. The first-order valence-corrected chi connectivity index (χ1v) is 15.1. The van der Waals surface area contributed by atoms with E-state index in [1.165, 1.54) is 31.1 Å². The van der Waals surface area contributed by atoms with Crippen molar-refractivity contribution in [3.63, 3.8) is 0 Å². The van der Waals surface area contributed by atoms with Gasteiger partial charge in [0.05, 0.1) is 34.1 Å². The van der Waals surface area contributed by atoms with Crippen LogP contribution < -0.4 is 5.73 Å². The van der Waals surface area contributed by atoms with Gasteiger partial charge in [-0.2, -0.15) is 8.42 Å². The Hall–Kier alpha value is -4.65. The van der Waals surface area contributed by atoms with Gasteiger partial charge in [0.15, 0.2) is 23.1 Å². The maximum atomic E-state index is 13.6. The Balaban J connectivity index is 0.000000300. The predicted octanol–water partition coefficient (Wildman–Crippen LogP) is -0.231. The number of nitrogens with zero attached hydrogens (tertiary/aromatic N) is 1. The van der Waals surface area contributed by atoms with Gasteiger partial charge in [0.1, 0.15) is 22.8 Å². The molecule has 6 atom stereocenters. The van der Waals surface area contributed by atoms with Crippen LogP contribution in [0.5, 0.6) is 11.5 Å². The van der Waals surface area contributed by atoms with Crippen LogP contribution in [0.4, 0.5) is 0 Å². The average Bonchev–Trinajstić information content (AvgIpc) is 2.95. The minimum atomic E-state index is -4.45. The third-order valence-corrected chi connectivity index (χ3v) is 9.47. The van der Waals surface area contributed by atoms with Crippen molar-refractivity contribution in [3.8, 4) is 11.5 Å². The maximum Gasteiger partial charge on any atom is 0.339 e. The molecule has 0 radical (unpaired) electrons. The molecule has 1 amide bonds. The Morgan fingerprint density at radius 3 is 2.11 bits per heavy atom. The Morgan fingerprint density at radius 1 is 1.02 bits per heavy atom. The number of ketones is 3. The van der Waals surface area contributed by atoms with Crippen molar-refractivity contribution in [3.05, 3.63) is 64.2 Å². The Labute approximate surface area is 270 Å². The number of fused-ring (bicyclic) bond motifs is 3. The van der Waals surface area contributed by atoms with Crippen LogP contribution in [0, 0.1) is 17.8 Å². The van der Waals surface area contributed by atoms with Crippen LogP contribution in [0.15, 0.2) is 47.4 Å². The average molecular weight is 695 g/mol. The Morgan fingerprint density at radius 2 is 1.60 bits per heavy atom. The first-order valence-electron chi connectivity index (χ1n) is 13.3. The highest BCUT2D eigenvalue weighted by atomic mass is 35.5. The fourth-order valence-electron chi connectivity index (χ4n) is 6.25. The molecule has 16 nitrogen and oxygen atoms in total. The standard InChI is InChI=1S/C22H21ClN2O8.C7H6O6S/c1-6-9-7(23)4-5-8(26)11(9)16(27)12-10(6)17(28)14-15(25(2)3)18(29)13(21(24)32)20(31)22(14,33)19(12)30;8-6-2-1-4(14(11,12)13)3-5(6)7(9)10/h4-5,10,13-15,17,26-28,33H,1H2,2-3H3,(H2,24,32);1-3,8H,(H,9,10)(H,11,12,13)/t10-,13?,14-,15+,17+,22+;/m1./s1. The van der Waals surface area contributed by atoms with Gasteiger partial charge in [0.2, 0.25) is 11.7 Å². The van der Waals surface area contributed by atoms with Crippen molar-refractivity contribution in [2.45, 2.75) is 22.6 Å². The minimum Gasteiger partial charge on any atom is -0.507 e. The van der Waals surface area contributed by atoms with E-state index in [4.69, 9.17) is 32.1 Å². The second-order valence-corrected chi connectivity index (χ2v) is 13.0. The fraction of sp³-hybridized carbons (Fsp3) is 0.276. The SMILES string of the molecule is C=C1c2c(Cl)ccc(O)c2C(O)=C2C(=O)[C@]3(O)C(=O)C(C(N)=O)C(=O)[C@@H](N(C)C)[C@@H]3[C@@H](O)[C@H]12.O=C(O)c1cc(S(=O)(=O)O)ccc1O. The van der Waals surface area contributed by atoms with Gasteiger partial charge < -0.3 is 36.4 Å². The summed E-state index contributed by atoms with van der Waals surface area (Å²) >= 11 is 6.24. The van der Waals surface area contributed by atoms with Gasteiger partial charge in [-0.15, -0.1) is 0 Å². The number of aromatic carboxylic acids is 1. The zero-order valence-electron chi connectivity index (χ0n) is 24.3. The smallest absolute Gasteiger partial charge is 0.339 e. The van der Waals surface area contributed by atoms with Crippen LogP contribution in [0.1, 0.15) is 21.5 Å². The number of amides is 1. The lowest BCUT2D eigenvalue weighted by atomic mass is 9.53. The molecule has 0 aromatic heterocycles. The van der Waals surface area contributed by atoms with Gasteiger partial charge >= 0.3 is 5.97 Å². The molecule has 47 heavy (non-hydrogen) atoms. The molecular formula is C29H27ClN2O14S. The highest BCUT2D eigenvalue weighted by Gasteiger charge is 2.71. The van der Waals surface area contributed by atoms with E-state index in [9.17, 15) is 52.8 Å². The normalized spacial score (nSPS) is 27.0. The number of carboxylic acid groups (broad SMARTS) is 1. The van der Waals surface area contributed by atoms with E-state index in [1.807, 2.05) is 0 Å². The second-order valence-electron chi connectivity index (χ2n) is 11.2. The third kappa shape index (κ3) is 5.35. The van der Waals surface area contributed by atoms with Crippen molar-refractivity contribution in [1.29, 1.82) is 0 Å². The molecule has 250 valence electrons. The van der Waals surface area contributed by atoms with Gasteiger partial charge in [-0.25, -0.2) is 4.79 Å². The molecule has 2 aromatic carbocycles. The number of aliphatic hydroxyl groups is 3. The number of phenols is 2. The molecule has 0 saturated heterocycles. The molecule has 9 N–H and O–H groups in total. The number of aliphatic hydroxyl groups excluding tert-OH is 2. The lowest BCUT2D eigenvalue weighted by Gasteiger charge is -2.53. The summed E-state index contributed by atoms with van der Waals surface area (Å²) in [5, 5.41) is 61.7. The van der Waals surface area contributed by atoms with Crippen molar-refractivity contribution in [2.24, 2.45) is 23.5 Å². The van der Waals surface area contributed by atoms with Crippen molar-refractivity contribution >= 4 is 62.3 Å². The number of nitrogens with two attached hydrogens (primary N) is 1. The van der Waals surface area contributed by atoms with E-state index in [-0.39, 0.29) is 21.7 Å². The number of hydrogen-bond donors (Lipinski definition) is 8. The number of hydrogen-bond acceptors (Lipinski definition) is 13. The predicted molar refractivity (Wildman–Crippen MR) is 160 cm³/mol. The first-order chi connectivity index (χ1) is 21.6. The number of benzene rings is 2. The number of carboxylic acids is 1. The van der Waals surface area contributed by atoms with Gasteiger partial charge in [0, 0.05) is 16.5 Å². The number of carbonyl (C=O) groups excluding carboxylic acids is 4. The van der Waals surface area contributed by atoms with E-state index in [0.29, 0.717) is 6.07 Å². The monoisotopic (exact) mass is 694 g/mol. The van der Waals surface area contributed by atoms with Gasteiger partial charge in [-0.1, -0.05) is 18.2 Å². The summed E-state index contributed by atoms with van der Waals surface area (Å²) in [4.78, 5) is 62.9. The number of rotatable bonds is 4. The van der Waals surface area contributed by atoms with Gasteiger partial charge in [-0.05, 0) is 50.0 Å². The molecule has 0 spiro atoms.